The van der Waals surface area contributed by atoms with E-state index in [0.29, 0.717) is 48.6 Å². The number of amides is 2. The summed E-state index contributed by atoms with van der Waals surface area (Å²) in [6, 6.07) is 13.4. The van der Waals surface area contributed by atoms with E-state index in [2.05, 4.69) is 15.5 Å². The Morgan fingerprint density at radius 1 is 1.09 bits per heavy atom. The molecule has 1 aliphatic heterocycles. The van der Waals surface area contributed by atoms with Crippen LogP contribution in [0.15, 0.2) is 53.7 Å². The molecule has 1 saturated heterocycles. The molecule has 1 N–H and O–H groups in total. The smallest absolute Gasteiger partial charge is 0.238 e. The first-order valence-electron chi connectivity index (χ1n) is 11.2. The second-order valence-electron chi connectivity index (χ2n) is 8.07. The average Bonchev–Trinajstić information content (AvgIpc) is 3.22. The van der Waals surface area contributed by atoms with Crippen molar-refractivity contribution >= 4 is 29.3 Å². The van der Waals surface area contributed by atoms with Gasteiger partial charge in [0.15, 0.2) is 11.0 Å². The number of benzene rings is 2. The summed E-state index contributed by atoms with van der Waals surface area (Å²) in [6.45, 7) is 2.46. The molecule has 35 heavy (non-hydrogen) atoms. The Balaban J connectivity index is 1.25. The summed E-state index contributed by atoms with van der Waals surface area (Å²) in [7, 11) is 3.47. The number of thioether (sulfide) groups is 1. The fraction of sp³-hybridized carbons (Fsp3) is 0.333. The summed E-state index contributed by atoms with van der Waals surface area (Å²) in [5, 5.41) is 11.9. The number of hydrogen-bond acceptors (Lipinski definition) is 7. The molecule has 0 radical (unpaired) electrons. The van der Waals surface area contributed by atoms with Crippen molar-refractivity contribution in [2.75, 3.05) is 50.9 Å². The SMILES string of the molecule is COc1ccccc1-c1nnc(SCC(=O)N2CCN(CC(=O)Nc3cccc(F)c3)CC2)n1C. The number of nitrogens with one attached hydrogen (secondary N) is 1. The molecule has 0 atom stereocenters. The lowest BCUT2D eigenvalue weighted by atomic mass is 10.2. The number of rotatable bonds is 8. The molecule has 1 aliphatic rings. The number of nitrogens with zero attached hydrogens (tertiary/aromatic N) is 5. The molecular formula is C24H27FN6O3S. The number of carbonyl (C=O) groups excluding carboxylic acids is 2. The molecule has 0 saturated carbocycles. The summed E-state index contributed by atoms with van der Waals surface area (Å²) in [4.78, 5) is 28.8. The van der Waals surface area contributed by atoms with Crippen LogP contribution >= 0.6 is 11.8 Å². The molecular weight excluding hydrogens is 471 g/mol. The molecule has 2 aromatic carbocycles. The summed E-state index contributed by atoms with van der Waals surface area (Å²) in [5.41, 5.74) is 1.26. The normalized spacial score (nSPS) is 14.1. The van der Waals surface area contributed by atoms with Crippen molar-refractivity contribution in [3.05, 3.63) is 54.3 Å². The fourth-order valence-electron chi connectivity index (χ4n) is 3.85. The molecule has 2 heterocycles. The first-order valence-corrected chi connectivity index (χ1v) is 12.1. The van der Waals surface area contributed by atoms with E-state index in [4.69, 9.17) is 4.74 Å². The van der Waals surface area contributed by atoms with Gasteiger partial charge in [0.05, 0.1) is 25.0 Å². The van der Waals surface area contributed by atoms with Gasteiger partial charge in [-0.1, -0.05) is 30.0 Å². The van der Waals surface area contributed by atoms with Gasteiger partial charge in [0.1, 0.15) is 11.6 Å². The number of aromatic nitrogens is 3. The van der Waals surface area contributed by atoms with Gasteiger partial charge in [0.25, 0.3) is 0 Å². The van der Waals surface area contributed by atoms with E-state index in [1.165, 1.54) is 23.9 Å². The zero-order valence-electron chi connectivity index (χ0n) is 19.6. The molecule has 1 fully saturated rings. The van der Waals surface area contributed by atoms with Gasteiger partial charge in [-0.2, -0.15) is 0 Å². The summed E-state index contributed by atoms with van der Waals surface area (Å²) >= 11 is 1.34. The Labute approximate surface area is 207 Å². The first kappa shape index (κ1) is 24.7. The highest BCUT2D eigenvalue weighted by molar-refractivity contribution is 7.99. The third-order valence-electron chi connectivity index (χ3n) is 5.71. The molecule has 3 aromatic rings. The van der Waals surface area contributed by atoms with Crippen molar-refractivity contribution in [2.45, 2.75) is 5.16 Å². The molecule has 184 valence electrons. The van der Waals surface area contributed by atoms with Gasteiger partial charge in [-0.25, -0.2) is 4.39 Å². The van der Waals surface area contributed by atoms with Crippen molar-refractivity contribution in [1.29, 1.82) is 0 Å². The molecule has 1 aromatic heterocycles. The van der Waals surface area contributed by atoms with E-state index >= 15 is 0 Å². The standard InChI is InChI=1S/C24H27FN6O3S/c1-29-23(19-8-3-4-9-20(19)34-2)27-28-24(29)35-16-22(33)31-12-10-30(11-13-31)15-21(32)26-18-7-5-6-17(25)14-18/h3-9,14H,10-13,15-16H2,1-2H3,(H,26,32). The zero-order chi connectivity index (χ0) is 24.8. The second-order valence-corrected chi connectivity index (χ2v) is 9.01. The highest BCUT2D eigenvalue weighted by atomic mass is 32.2. The van der Waals surface area contributed by atoms with E-state index < -0.39 is 5.82 Å². The molecule has 9 nitrogen and oxygen atoms in total. The molecule has 0 aliphatic carbocycles. The summed E-state index contributed by atoms with van der Waals surface area (Å²) < 4.78 is 20.6. The monoisotopic (exact) mass is 498 g/mol. The van der Waals surface area contributed by atoms with Crippen LogP contribution in [0.4, 0.5) is 10.1 Å². The predicted octanol–water partition coefficient (Wildman–Crippen LogP) is 2.50. The molecule has 11 heteroatoms. The third-order valence-corrected chi connectivity index (χ3v) is 6.71. The van der Waals surface area contributed by atoms with E-state index in [0.717, 1.165) is 5.56 Å². The number of halogens is 1. The Morgan fingerprint density at radius 2 is 1.86 bits per heavy atom. The van der Waals surface area contributed by atoms with E-state index in [1.54, 1.807) is 24.1 Å². The highest BCUT2D eigenvalue weighted by Crippen LogP contribution is 2.30. The van der Waals surface area contributed by atoms with Crippen molar-refractivity contribution in [1.82, 2.24) is 24.6 Å². The van der Waals surface area contributed by atoms with Crippen LogP contribution in [-0.4, -0.2) is 82.0 Å². The highest BCUT2D eigenvalue weighted by Gasteiger charge is 2.23. The Morgan fingerprint density at radius 3 is 2.60 bits per heavy atom. The molecule has 0 unspecified atom stereocenters. The minimum Gasteiger partial charge on any atom is -0.496 e. The number of anilines is 1. The second kappa shape index (κ2) is 11.3. The minimum absolute atomic E-state index is 0.0145. The van der Waals surface area contributed by atoms with Crippen LogP contribution in [0, 0.1) is 5.82 Å². The minimum atomic E-state index is -0.398. The van der Waals surface area contributed by atoms with Gasteiger partial charge in [-0.3, -0.25) is 14.5 Å². The quantitative estimate of drug-likeness (QED) is 0.477. The predicted molar refractivity (Wildman–Crippen MR) is 132 cm³/mol. The Bertz CT molecular complexity index is 1200. The fourth-order valence-corrected chi connectivity index (χ4v) is 4.66. The van der Waals surface area contributed by atoms with E-state index in [1.807, 2.05) is 40.8 Å². The van der Waals surface area contributed by atoms with Crippen LogP contribution in [0.3, 0.4) is 0 Å². The summed E-state index contributed by atoms with van der Waals surface area (Å²) in [5.74, 6) is 1.03. The maximum atomic E-state index is 13.3. The Kier molecular flexibility index (Phi) is 7.98. The van der Waals surface area contributed by atoms with E-state index in [9.17, 15) is 14.0 Å². The van der Waals surface area contributed by atoms with Crippen LogP contribution in [0.1, 0.15) is 0 Å². The summed E-state index contributed by atoms with van der Waals surface area (Å²) in [6.07, 6.45) is 0. The van der Waals surface area contributed by atoms with Gasteiger partial charge < -0.3 is 19.5 Å². The Hall–Kier alpha value is -3.44. The number of para-hydroxylation sites is 1. The van der Waals surface area contributed by atoms with Crippen LogP contribution in [0.25, 0.3) is 11.4 Å². The van der Waals surface area contributed by atoms with Gasteiger partial charge in [0.2, 0.25) is 11.8 Å². The molecule has 0 bridgehead atoms. The van der Waals surface area contributed by atoms with Crippen LogP contribution < -0.4 is 10.1 Å². The lowest BCUT2D eigenvalue weighted by Gasteiger charge is -2.34. The number of piperazine rings is 1. The van der Waals surface area contributed by atoms with Crippen molar-refractivity contribution in [3.63, 3.8) is 0 Å². The van der Waals surface area contributed by atoms with E-state index in [-0.39, 0.29) is 24.1 Å². The molecule has 0 spiro atoms. The van der Waals surface area contributed by atoms with Crippen LogP contribution in [0.5, 0.6) is 5.75 Å². The average molecular weight is 499 g/mol. The maximum absolute atomic E-state index is 13.3. The number of carbonyl (C=O) groups is 2. The van der Waals surface area contributed by atoms with Crippen molar-refractivity contribution < 1.29 is 18.7 Å². The van der Waals surface area contributed by atoms with Gasteiger partial charge in [-0.05, 0) is 30.3 Å². The third kappa shape index (κ3) is 6.17. The largest absolute Gasteiger partial charge is 0.496 e. The van der Waals surface area contributed by atoms with Crippen LogP contribution in [-0.2, 0) is 16.6 Å². The topological polar surface area (TPSA) is 92.6 Å². The zero-order valence-corrected chi connectivity index (χ0v) is 20.4. The lowest BCUT2D eigenvalue weighted by Crippen LogP contribution is -2.50. The number of methoxy groups -OCH3 is 1. The van der Waals surface area contributed by atoms with Gasteiger partial charge >= 0.3 is 0 Å². The number of ether oxygens (including phenoxy) is 1. The van der Waals surface area contributed by atoms with Crippen molar-refractivity contribution in [3.8, 4) is 17.1 Å². The van der Waals surface area contributed by atoms with Gasteiger partial charge in [0, 0.05) is 38.9 Å². The van der Waals surface area contributed by atoms with Crippen LogP contribution in [0.2, 0.25) is 0 Å². The van der Waals surface area contributed by atoms with Gasteiger partial charge in [-0.15, -0.1) is 10.2 Å². The number of hydrogen-bond donors (Lipinski definition) is 1. The first-order chi connectivity index (χ1) is 16.9. The van der Waals surface area contributed by atoms with Crippen molar-refractivity contribution in [2.24, 2.45) is 7.05 Å². The molecule has 2 amide bonds. The maximum Gasteiger partial charge on any atom is 0.238 e. The molecule has 4 rings (SSSR count). The lowest BCUT2D eigenvalue weighted by molar-refractivity contribution is -0.130.